The molecule has 0 saturated carbocycles. The van der Waals surface area contributed by atoms with Crippen LogP contribution in [0.2, 0.25) is 0 Å². The first-order valence-electron chi connectivity index (χ1n) is 6.65. The van der Waals surface area contributed by atoms with Crippen LogP contribution in [0.5, 0.6) is 0 Å². The van der Waals surface area contributed by atoms with Gasteiger partial charge in [0.25, 0.3) is 23.1 Å². The Kier molecular flexibility index (Phi) is 3.34. The fraction of sp³-hybridized carbons (Fsp3) is 0. The van der Waals surface area contributed by atoms with Crippen LogP contribution in [0.1, 0.15) is 31.1 Å². The van der Waals surface area contributed by atoms with Gasteiger partial charge in [0.15, 0.2) is 0 Å². The van der Waals surface area contributed by atoms with Gasteiger partial charge in [0.2, 0.25) is 0 Å². The number of aromatic carboxylic acids is 1. The number of nitro groups is 1. The molecule has 0 aliphatic carbocycles. The molecule has 2 amide bonds. The topological polar surface area (TPSA) is 175 Å². The van der Waals surface area contributed by atoms with Crippen LogP contribution in [-0.2, 0) is 0 Å². The van der Waals surface area contributed by atoms with E-state index in [1.54, 1.807) is 0 Å². The van der Waals surface area contributed by atoms with Gasteiger partial charge < -0.3 is 10.8 Å². The van der Waals surface area contributed by atoms with Gasteiger partial charge in [-0.15, -0.1) is 0 Å². The van der Waals surface area contributed by atoms with Crippen molar-refractivity contribution in [3.63, 3.8) is 0 Å². The minimum atomic E-state index is -1.52. The smallest absolute Gasteiger partial charge is 0.342 e. The average Bonchev–Trinajstić information content (AvgIpc) is 2.81. The number of hydrogen-bond acceptors (Lipinski definition) is 7. The quantitative estimate of drug-likeness (QED) is 0.393. The molecule has 0 radical (unpaired) electrons. The molecule has 0 bridgehead atoms. The third-order valence-corrected chi connectivity index (χ3v) is 3.62. The van der Waals surface area contributed by atoms with E-state index in [9.17, 15) is 29.3 Å². The molecule has 1 aliphatic heterocycles. The normalized spacial score (nSPS) is 12.6. The number of pyridine rings is 1. The highest BCUT2D eigenvalue weighted by Gasteiger charge is 2.32. The second-order valence-corrected chi connectivity index (χ2v) is 5.04. The van der Waals surface area contributed by atoms with Gasteiger partial charge in [-0.1, -0.05) is 0 Å². The largest absolute Gasteiger partial charge is 0.477 e. The number of rotatable bonds is 3. The van der Waals surface area contributed by atoms with Crippen LogP contribution in [0.15, 0.2) is 29.1 Å². The number of amides is 2. The minimum Gasteiger partial charge on any atom is -0.477 e. The van der Waals surface area contributed by atoms with Crippen molar-refractivity contribution in [1.29, 1.82) is 0 Å². The van der Waals surface area contributed by atoms with Gasteiger partial charge in [-0.25, -0.2) is 4.79 Å². The van der Waals surface area contributed by atoms with E-state index in [-0.39, 0.29) is 22.6 Å². The molecule has 126 valence electrons. The van der Waals surface area contributed by atoms with E-state index in [1.807, 2.05) is 5.32 Å². The Morgan fingerprint density at radius 2 is 1.88 bits per heavy atom. The highest BCUT2D eigenvalue weighted by atomic mass is 16.6. The Morgan fingerprint density at radius 1 is 1.20 bits per heavy atom. The average molecular weight is 344 g/mol. The van der Waals surface area contributed by atoms with Gasteiger partial charge in [-0.3, -0.25) is 34.4 Å². The number of carboxylic acid groups (broad SMARTS) is 1. The summed E-state index contributed by atoms with van der Waals surface area (Å²) in [5.41, 5.74) is 3.14. The van der Waals surface area contributed by atoms with Crippen LogP contribution in [0.25, 0.3) is 5.69 Å². The standard InChI is InChI=1S/C14H8N4O7/c15-11-10-7(12(20)16-13(10)21)4-9(19)17(11)5-1-2-6(14(22)23)8(3-5)18(24)25/h1-4H,15H2,(H,22,23)(H,16,20,21). The van der Waals surface area contributed by atoms with Crippen LogP contribution in [0.4, 0.5) is 11.5 Å². The molecule has 11 heteroatoms. The number of aromatic nitrogens is 1. The molecule has 1 aromatic heterocycles. The van der Waals surface area contributed by atoms with Crippen molar-refractivity contribution in [3.8, 4) is 5.69 Å². The van der Waals surface area contributed by atoms with Gasteiger partial charge in [-0.2, -0.15) is 0 Å². The molecule has 3 rings (SSSR count). The van der Waals surface area contributed by atoms with Crippen LogP contribution < -0.4 is 16.6 Å². The highest BCUT2D eigenvalue weighted by molar-refractivity contribution is 6.23. The zero-order chi connectivity index (χ0) is 18.5. The number of nitro benzene ring substituents is 1. The molecule has 2 heterocycles. The minimum absolute atomic E-state index is 0.117. The maximum absolute atomic E-state index is 12.3. The molecule has 1 aliphatic rings. The summed E-state index contributed by atoms with van der Waals surface area (Å²) in [6.45, 7) is 0. The lowest BCUT2D eigenvalue weighted by Crippen LogP contribution is -2.24. The molecule has 11 nitrogen and oxygen atoms in total. The van der Waals surface area contributed by atoms with Crippen molar-refractivity contribution in [2.45, 2.75) is 0 Å². The summed E-state index contributed by atoms with van der Waals surface area (Å²) in [6.07, 6.45) is 0. The number of nitrogen functional groups attached to an aromatic ring is 1. The van der Waals surface area contributed by atoms with E-state index >= 15 is 0 Å². The van der Waals surface area contributed by atoms with Gasteiger partial charge in [0, 0.05) is 12.1 Å². The fourth-order valence-electron chi connectivity index (χ4n) is 2.54. The lowest BCUT2D eigenvalue weighted by atomic mass is 10.1. The molecule has 0 atom stereocenters. The Hall–Kier alpha value is -4.02. The summed E-state index contributed by atoms with van der Waals surface area (Å²) in [6, 6.07) is 3.81. The van der Waals surface area contributed by atoms with Crippen molar-refractivity contribution in [2.75, 3.05) is 5.73 Å². The van der Waals surface area contributed by atoms with Crippen LogP contribution >= 0.6 is 0 Å². The Balaban J connectivity index is 2.30. The number of carboxylic acids is 1. The molecule has 1 aromatic carbocycles. The lowest BCUT2D eigenvalue weighted by molar-refractivity contribution is -0.385. The van der Waals surface area contributed by atoms with Crippen LogP contribution in [0, 0.1) is 10.1 Å². The highest BCUT2D eigenvalue weighted by Crippen LogP contribution is 2.26. The SMILES string of the molecule is Nc1c2c(cc(=O)n1-c1ccc(C(=O)O)c([N+](=O)[O-])c1)C(=O)NC2=O. The number of carbonyl (C=O) groups excluding carboxylic acids is 2. The summed E-state index contributed by atoms with van der Waals surface area (Å²) in [4.78, 5) is 56.9. The molecule has 2 aromatic rings. The molecule has 4 N–H and O–H groups in total. The number of hydrogen-bond donors (Lipinski definition) is 3. The number of benzene rings is 1. The Morgan fingerprint density at radius 3 is 2.48 bits per heavy atom. The maximum atomic E-state index is 12.3. The van der Waals surface area contributed by atoms with Crippen molar-refractivity contribution in [1.82, 2.24) is 9.88 Å². The zero-order valence-electron chi connectivity index (χ0n) is 12.2. The number of imide groups is 1. The van der Waals surface area contributed by atoms with E-state index < -0.39 is 39.5 Å². The van der Waals surface area contributed by atoms with Gasteiger partial charge in [-0.05, 0) is 12.1 Å². The van der Waals surface area contributed by atoms with Crippen LogP contribution in [0.3, 0.4) is 0 Å². The molecule has 0 saturated heterocycles. The first-order chi connectivity index (χ1) is 11.7. The summed E-state index contributed by atoms with van der Waals surface area (Å²) >= 11 is 0. The number of anilines is 1. The number of fused-ring (bicyclic) bond motifs is 1. The third kappa shape index (κ3) is 2.30. The molecular formula is C14H8N4O7. The maximum Gasteiger partial charge on any atom is 0.342 e. The molecule has 0 unspecified atom stereocenters. The first kappa shape index (κ1) is 15.9. The van der Waals surface area contributed by atoms with Crippen molar-refractivity contribution < 1.29 is 24.4 Å². The fourth-order valence-corrected chi connectivity index (χ4v) is 2.54. The van der Waals surface area contributed by atoms with E-state index in [4.69, 9.17) is 10.8 Å². The monoisotopic (exact) mass is 344 g/mol. The molecular weight excluding hydrogens is 336 g/mol. The number of carbonyl (C=O) groups is 3. The van der Waals surface area contributed by atoms with E-state index in [0.29, 0.717) is 0 Å². The number of nitrogens with two attached hydrogens (primary N) is 1. The molecule has 25 heavy (non-hydrogen) atoms. The van der Waals surface area contributed by atoms with Gasteiger partial charge >= 0.3 is 5.97 Å². The molecule has 0 spiro atoms. The second kappa shape index (κ2) is 5.26. The Labute approximate surface area is 137 Å². The lowest BCUT2D eigenvalue weighted by Gasteiger charge is -2.12. The summed E-state index contributed by atoms with van der Waals surface area (Å²) in [7, 11) is 0. The summed E-state index contributed by atoms with van der Waals surface area (Å²) < 4.78 is 0.787. The predicted molar refractivity (Wildman–Crippen MR) is 81.9 cm³/mol. The predicted octanol–water partition coefficient (Wildman–Crippen LogP) is -0.0903. The van der Waals surface area contributed by atoms with Crippen molar-refractivity contribution >= 4 is 29.3 Å². The summed E-state index contributed by atoms with van der Waals surface area (Å²) in [5.74, 6) is -3.48. The Bertz CT molecular complexity index is 1050. The van der Waals surface area contributed by atoms with Crippen molar-refractivity contribution in [3.05, 3.63) is 61.4 Å². The van der Waals surface area contributed by atoms with E-state index in [2.05, 4.69) is 0 Å². The van der Waals surface area contributed by atoms with Crippen molar-refractivity contribution in [2.24, 2.45) is 0 Å². The van der Waals surface area contributed by atoms with E-state index in [1.165, 1.54) is 0 Å². The van der Waals surface area contributed by atoms with Gasteiger partial charge in [0.1, 0.15) is 11.4 Å². The summed E-state index contributed by atoms with van der Waals surface area (Å²) in [5, 5.41) is 22.1. The van der Waals surface area contributed by atoms with Crippen LogP contribution in [-0.4, -0.2) is 32.4 Å². The van der Waals surface area contributed by atoms with E-state index in [0.717, 1.165) is 28.8 Å². The second-order valence-electron chi connectivity index (χ2n) is 5.04. The number of nitrogens with zero attached hydrogens (tertiary/aromatic N) is 2. The first-order valence-corrected chi connectivity index (χ1v) is 6.65. The molecule has 0 fully saturated rings. The zero-order valence-corrected chi connectivity index (χ0v) is 12.2. The van der Waals surface area contributed by atoms with Gasteiger partial charge in [0.05, 0.1) is 21.7 Å². The third-order valence-electron chi connectivity index (χ3n) is 3.62. The number of nitrogens with one attached hydrogen (secondary N) is 1.